The predicted octanol–water partition coefficient (Wildman–Crippen LogP) is 3.06. The first-order valence-electron chi connectivity index (χ1n) is 7.20. The maximum Gasteiger partial charge on any atom is 0.351 e. The molecule has 0 saturated carbocycles. The molecule has 0 aliphatic carbocycles. The van der Waals surface area contributed by atoms with Gasteiger partial charge < -0.3 is 10.2 Å². The van der Waals surface area contributed by atoms with Crippen molar-refractivity contribution in [2.24, 2.45) is 10.2 Å². The Balaban J connectivity index is 2.29. The van der Waals surface area contributed by atoms with Crippen molar-refractivity contribution in [2.75, 3.05) is 0 Å². The Hall–Kier alpha value is -2.79. The number of carboxylic acids is 1. The summed E-state index contributed by atoms with van der Waals surface area (Å²) < 4.78 is 0. The van der Waals surface area contributed by atoms with Crippen LogP contribution in [0.15, 0.2) is 70.9 Å². The number of carbonyl (C=O) groups is 1. The first kappa shape index (κ1) is 16.6. The van der Waals surface area contributed by atoms with E-state index in [0.717, 1.165) is 11.1 Å². The van der Waals surface area contributed by atoms with Crippen LogP contribution in [0.5, 0.6) is 0 Å². The summed E-state index contributed by atoms with van der Waals surface area (Å²) in [6, 6.07) is 18.5. The molecule has 0 aliphatic rings. The van der Waals surface area contributed by atoms with Crippen molar-refractivity contribution < 1.29 is 15.0 Å². The molecule has 23 heavy (non-hydrogen) atoms. The summed E-state index contributed by atoms with van der Waals surface area (Å²) in [6.45, 7) is 1.38. The number of benzene rings is 2. The van der Waals surface area contributed by atoms with E-state index in [1.165, 1.54) is 6.92 Å². The average molecular weight is 310 g/mol. The molecule has 0 aromatic heterocycles. The standard InChI is InChI=1S/C18H18N2O3/c1-13(18(22)23)19-20-16(14-8-4-2-5-9-14)12-17(21)15-10-6-3-7-11-15/h2-11,17,21H,12H2,1H3,(H,22,23)/b19-13+,20-16-. The van der Waals surface area contributed by atoms with Crippen LogP contribution in [0.25, 0.3) is 0 Å². The van der Waals surface area contributed by atoms with Gasteiger partial charge in [-0.15, -0.1) is 5.10 Å². The van der Waals surface area contributed by atoms with Gasteiger partial charge in [0, 0.05) is 6.42 Å². The third kappa shape index (κ3) is 4.86. The molecule has 2 rings (SSSR count). The van der Waals surface area contributed by atoms with Crippen molar-refractivity contribution in [3.63, 3.8) is 0 Å². The summed E-state index contributed by atoms with van der Waals surface area (Å²) >= 11 is 0. The summed E-state index contributed by atoms with van der Waals surface area (Å²) in [6.07, 6.45) is -0.500. The highest BCUT2D eigenvalue weighted by atomic mass is 16.4. The summed E-state index contributed by atoms with van der Waals surface area (Å²) in [5, 5.41) is 27.0. The van der Waals surface area contributed by atoms with Crippen LogP contribution in [0.2, 0.25) is 0 Å². The summed E-state index contributed by atoms with van der Waals surface area (Å²) in [5.41, 5.74) is 2.00. The Morgan fingerprint density at radius 3 is 2.13 bits per heavy atom. The lowest BCUT2D eigenvalue weighted by molar-refractivity contribution is -0.129. The van der Waals surface area contributed by atoms with E-state index in [1.807, 2.05) is 60.7 Å². The molecule has 0 spiro atoms. The predicted molar refractivity (Wildman–Crippen MR) is 89.7 cm³/mol. The molecule has 118 valence electrons. The van der Waals surface area contributed by atoms with Crippen LogP contribution in [0, 0.1) is 0 Å². The fourth-order valence-electron chi connectivity index (χ4n) is 2.00. The smallest absolute Gasteiger partial charge is 0.351 e. The van der Waals surface area contributed by atoms with Crippen molar-refractivity contribution in [3.05, 3.63) is 71.8 Å². The number of hydrogen-bond acceptors (Lipinski definition) is 4. The molecule has 0 fully saturated rings. The largest absolute Gasteiger partial charge is 0.477 e. The van der Waals surface area contributed by atoms with Crippen LogP contribution in [-0.4, -0.2) is 27.6 Å². The van der Waals surface area contributed by atoms with Gasteiger partial charge in [-0.1, -0.05) is 60.7 Å². The van der Waals surface area contributed by atoms with E-state index < -0.39 is 12.1 Å². The van der Waals surface area contributed by atoms with Crippen LogP contribution in [0.1, 0.15) is 30.6 Å². The van der Waals surface area contributed by atoms with Gasteiger partial charge in [0.25, 0.3) is 0 Å². The number of hydrogen-bond donors (Lipinski definition) is 2. The number of nitrogens with zero attached hydrogens (tertiary/aromatic N) is 2. The maximum absolute atomic E-state index is 10.8. The van der Waals surface area contributed by atoms with E-state index in [1.54, 1.807) is 0 Å². The molecular weight excluding hydrogens is 292 g/mol. The second-order valence-corrected chi connectivity index (χ2v) is 5.03. The molecular formula is C18H18N2O3. The molecule has 5 heteroatoms. The lowest BCUT2D eigenvalue weighted by Crippen LogP contribution is -2.10. The minimum Gasteiger partial charge on any atom is -0.477 e. The topological polar surface area (TPSA) is 82.2 Å². The summed E-state index contributed by atoms with van der Waals surface area (Å²) in [5.74, 6) is -1.12. The molecule has 0 heterocycles. The molecule has 2 N–H and O–H groups in total. The molecule has 5 nitrogen and oxygen atoms in total. The van der Waals surface area contributed by atoms with Crippen molar-refractivity contribution in [3.8, 4) is 0 Å². The number of aliphatic hydroxyl groups excluding tert-OH is 1. The molecule has 0 aliphatic heterocycles. The van der Waals surface area contributed by atoms with Crippen LogP contribution in [-0.2, 0) is 4.79 Å². The monoisotopic (exact) mass is 310 g/mol. The van der Waals surface area contributed by atoms with E-state index in [0.29, 0.717) is 5.71 Å². The Morgan fingerprint density at radius 1 is 1.00 bits per heavy atom. The third-order valence-corrected chi connectivity index (χ3v) is 3.31. The van der Waals surface area contributed by atoms with E-state index >= 15 is 0 Å². The van der Waals surface area contributed by atoms with Crippen molar-refractivity contribution in [1.29, 1.82) is 0 Å². The zero-order valence-electron chi connectivity index (χ0n) is 12.8. The van der Waals surface area contributed by atoms with E-state index in [-0.39, 0.29) is 12.1 Å². The SMILES string of the molecule is C/C(=N\N=C(\CC(O)c1ccccc1)c1ccccc1)C(=O)O. The lowest BCUT2D eigenvalue weighted by atomic mass is 10.00. The lowest BCUT2D eigenvalue weighted by Gasteiger charge is -2.12. The fourth-order valence-corrected chi connectivity index (χ4v) is 2.00. The van der Waals surface area contributed by atoms with Crippen LogP contribution in [0.3, 0.4) is 0 Å². The zero-order valence-corrected chi connectivity index (χ0v) is 12.8. The second-order valence-electron chi connectivity index (χ2n) is 5.03. The van der Waals surface area contributed by atoms with Crippen molar-refractivity contribution in [2.45, 2.75) is 19.4 Å². The number of aliphatic hydroxyl groups is 1. The van der Waals surface area contributed by atoms with Crippen LogP contribution in [0.4, 0.5) is 0 Å². The van der Waals surface area contributed by atoms with Gasteiger partial charge in [-0.3, -0.25) is 0 Å². The summed E-state index contributed by atoms with van der Waals surface area (Å²) in [7, 11) is 0. The van der Waals surface area contributed by atoms with Gasteiger partial charge in [0.1, 0.15) is 5.71 Å². The molecule has 0 radical (unpaired) electrons. The van der Waals surface area contributed by atoms with Gasteiger partial charge in [-0.25, -0.2) is 4.79 Å². The van der Waals surface area contributed by atoms with Crippen LogP contribution >= 0.6 is 0 Å². The molecule has 1 unspecified atom stereocenters. The Morgan fingerprint density at radius 2 is 1.57 bits per heavy atom. The Kier molecular flexibility index (Phi) is 5.77. The van der Waals surface area contributed by atoms with Crippen molar-refractivity contribution in [1.82, 2.24) is 0 Å². The average Bonchev–Trinajstić information content (AvgIpc) is 2.59. The van der Waals surface area contributed by atoms with Gasteiger partial charge in [0.05, 0.1) is 11.8 Å². The molecule has 2 aromatic carbocycles. The van der Waals surface area contributed by atoms with E-state index in [2.05, 4.69) is 10.2 Å². The quantitative estimate of drug-likeness (QED) is 0.635. The van der Waals surface area contributed by atoms with E-state index in [9.17, 15) is 9.90 Å². The molecule has 0 amide bonds. The number of rotatable bonds is 6. The molecule has 0 saturated heterocycles. The summed E-state index contributed by atoms with van der Waals surface area (Å²) in [4.78, 5) is 10.8. The van der Waals surface area contributed by atoms with Gasteiger partial charge >= 0.3 is 5.97 Å². The third-order valence-electron chi connectivity index (χ3n) is 3.31. The van der Waals surface area contributed by atoms with E-state index in [4.69, 9.17) is 5.11 Å². The van der Waals surface area contributed by atoms with Gasteiger partial charge in [0.15, 0.2) is 0 Å². The fraction of sp³-hybridized carbons (Fsp3) is 0.167. The molecule has 0 bridgehead atoms. The van der Waals surface area contributed by atoms with Crippen LogP contribution < -0.4 is 0 Å². The highest BCUT2D eigenvalue weighted by Crippen LogP contribution is 2.19. The molecule has 2 aromatic rings. The van der Waals surface area contributed by atoms with Gasteiger partial charge in [-0.05, 0) is 18.1 Å². The second kappa shape index (κ2) is 8.00. The first-order valence-corrected chi connectivity index (χ1v) is 7.20. The first-order chi connectivity index (χ1) is 11.1. The van der Waals surface area contributed by atoms with Gasteiger partial charge in [-0.2, -0.15) is 5.10 Å². The maximum atomic E-state index is 10.8. The number of carboxylic acid groups (broad SMARTS) is 1. The van der Waals surface area contributed by atoms with Gasteiger partial charge in [0.2, 0.25) is 0 Å². The number of aliphatic carboxylic acids is 1. The minimum absolute atomic E-state index is 0.104. The highest BCUT2D eigenvalue weighted by Gasteiger charge is 2.13. The molecule has 1 atom stereocenters. The van der Waals surface area contributed by atoms with Crippen molar-refractivity contribution >= 4 is 17.4 Å². The highest BCUT2D eigenvalue weighted by molar-refractivity contribution is 6.34. The Labute approximate surface area is 134 Å². The minimum atomic E-state index is -1.12. The zero-order chi connectivity index (χ0) is 16.7. The Bertz CT molecular complexity index is 710. The normalized spacial score (nSPS) is 13.7.